The predicted molar refractivity (Wildman–Crippen MR) is 183 cm³/mol. The van der Waals surface area contributed by atoms with Crippen LogP contribution in [0.25, 0.3) is 5.69 Å². The fourth-order valence-electron chi connectivity index (χ4n) is 4.82. The number of ether oxygens (including phenoxy) is 4. The Labute approximate surface area is 277 Å². The van der Waals surface area contributed by atoms with Gasteiger partial charge >= 0.3 is 0 Å². The summed E-state index contributed by atoms with van der Waals surface area (Å²) in [6.45, 7) is 0. The molecule has 6 rings (SSSR count). The van der Waals surface area contributed by atoms with E-state index in [2.05, 4.69) is 15.5 Å². The van der Waals surface area contributed by atoms with Crippen LogP contribution in [0.15, 0.2) is 133 Å². The molecule has 6 aromatic rings. The van der Waals surface area contributed by atoms with Crippen LogP contribution in [0.4, 0.5) is 5.69 Å². The Bertz CT molecular complexity index is 1930. The van der Waals surface area contributed by atoms with E-state index in [4.69, 9.17) is 18.9 Å². The summed E-state index contributed by atoms with van der Waals surface area (Å²) >= 11 is 1.29. The van der Waals surface area contributed by atoms with Gasteiger partial charge in [-0.05, 0) is 78.4 Å². The Balaban J connectivity index is 1.23. The predicted octanol–water partition coefficient (Wildman–Crippen LogP) is 8.19. The monoisotopic (exact) mass is 644 g/mol. The van der Waals surface area contributed by atoms with Crippen molar-refractivity contribution in [1.29, 1.82) is 0 Å². The summed E-state index contributed by atoms with van der Waals surface area (Å²) in [4.78, 5) is 13.2. The summed E-state index contributed by atoms with van der Waals surface area (Å²) in [5.74, 6) is 4.53. The number of hydrogen-bond acceptors (Lipinski definition) is 8. The largest absolute Gasteiger partial charge is 0.493 e. The van der Waals surface area contributed by atoms with Crippen molar-refractivity contribution < 1.29 is 23.7 Å². The van der Waals surface area contributed by atoms with Gasteiger partial charge in [-0.3, -0.25) is 9.36 Å². The standard InChI is InChI=1S/C37H32N4O5S/c1-43-33-22-17-26(23-34(33)44-2)24-35-39-40-37(41(35)27-18-20-30(21-19-27)45-28-11-5-3-6-12-28)47-25-36(42)38-31-15-9-10-16-32(31)46-29-13-7-4-8-14-29/h3-23H,24-25H2,1-2H3,(H,38,42). The van der Waals surface area contributed by atoms with Gasteiger partial charge in [0.15, 0.2) is 22.4 Å². The number of thioether (sulfide) groups is 1. The van der Waals surface area contributed by atoms with E-state index in [0.29, 0.717) is 51.8 Å². The molecule has 0 radical (unpaired) electrons. The summed E-state index contributed by atoms with van der Waals surface area (Å²) in [5.41, 5.74) is 2.37. The van der Waals surface area contributed by atoms with Crippen LogP contribution in [0.1, 0.15) is 11.4 Å². The number of carbonyl (C=O) groups is 1. The molecule has 10 heteroatoms. The number of nitrogens with one attached hydrogen (secondary N) is 1. The number of anilines is 1. The zero-order chi connectivity index (χ0) is 32.4. The second-order valence-corrected chi connectivity index (χ2v) is 11.2. The molecule has 0 atom stereocenters. The Kier molecular flexibility index (Phi) is 9.99. The molecule has 0 aliphatic heterocycles. The zero-order valence-electron chi connectivity index (χ0n) is 25.8. The normalized spacial score (nSPS) is 10.7. The van der Waals surface area contributed by atoms with Crippen molar-refractivity contribution >= 4 is 23.4 Å². The molecule has 236 valence electrons. The van der Waals surface area contributed by atoms with Crippen molar-refractivity contribution in [3.8, 4) is 40.2 Å². The van der Waals surface area contributed by atoms with Crippen LogP contribution in [-0.4, -0.2) is 40.6 Å². The molecule has 1 aromatic heterocycles. The highest BCUT2D eigenvalue weighted by Crippen LogP contribution is 2.32. The molecular formula is C37H32N4O5S. The number of methoxy groups -OCH3 is 2. The maximum absolute atomic E-state index is 13.2. The van der Waals surface area contributed by atoms with E-state index in [-0.39, 0.29) is 11.7 Å². The SMILES string of the molecule is COc1ccc(Cc2nnc(SCC(=O)Nc3ccccc3Oc3ccccc3)n2-c2ccc(Oc3ccccc3)cc2)cc1OC. The topological polar surface area (TPSA) is 96.7 Å². The molecule has 0 saturated carbocycles. The Morgan fingerprint density at radius 1 is 0.681 bits per heavy atom. The van der Waals surface area contributed by atoms with E-state index in [1.165, 1.54) is 11.8 Å². The van der Waals surface area contributed by atoms with E-state index in [1.54, 1.807) is 14.2 Å². The number of hydrogen-bond donors (Lipinski definition) is 1. The average Bonchev–Trinajstić information content (AvgIpc) is 3.51. The van der Waals surface area contributed by atoms with Gasteiger partial charge in [-0.2, -0.15) is 0 Å². The molecular weight excluding hydrogens is 612 g/mol. The highest BCUT2D eigenvalue weighted by molar-refractivity contribution is 7.99. The van der Waals surface area contributed by atoms with Crippen LogP contribution < -0.4 is 24.3 Å². The lowest BCUT2D eigenvalue weighted by Crippen LogP contribution is -2.15. The summed E-state index contributed by atoms with van der Waals surface area (Å²) in [6.07, 6.45) is 0.465. The van der Waals surface area contributed by atoms with Crippen LogP contribution in [0.3, 0.4) is 0 Å². The quantitative estimate of drug-likeness (QED) is 0.126. The van der Waals surface area contributed by atoms with E-state index in [1.807, 2.05) is 132 Å². The van der Waals surface area contributed by atoms with E-state index in [9.17, 15) is 4.79 Å². The fourth-order valence-corrected chi connectivity index (χ4v) is 5.59. The molecule has 5 aromatic carbocycles. The maximum Gasteiger partial charge on any atom is 0.234 e. The first kappa shape index (κ1) is 31.3. The van der Waals surface area contributed by atoms with Crippen molar-refractivity contribution in [2.45, 2.75) is 11.6 Å². The molecule has 0 unspecified atom stereocenters. The van der Waals surface area contributed by atoms with Crippen LogP contribution in [-0.2, 0) is 11.2 Å². The van der Waals surface area contributed by atoms with Gasteiger partial charge in [0.2, 0.25) is 5.91 Å². The molecule has 0 fully saturated rings. The van der Waals surface area contributed by atoms with Crippen molar-refractivity contribution in [2.75, 3.05) is 25.3 Å². The second kappa shape index (κ2) is 15.0. The molecule has 0 aliphatic carbocycles. The highest BCUT2D eigenvalue weighted by Gasteiger charge is 2.18. The minimum atomic E-state index is -0.207. The lowest BCUT2D eigenvalue weighted by atomic mass is 10.1. The first-order chi connectivity index (χ1) is 23.1. The summed E-state index contributed by atoms with van der Waals surface area (Å²) in [5, 5.41) is 12.6. The van der Waals surface area contributed by atoms with E-state index in [0.717, 1.165) is 17.0 Å². The number of nitrogens with zero attached hydrogens (tertiary/aromatic N) is 3. The van der Waals surface area contributed by atoms with E-state index >= 15 is 0 Å². The third-order valence-corrected chi connectivity index (χ3v) is 7.98. The van der Waals surface area contributed by atoms with Crippen molar-refractivity contribution in [1.82, 2.24) is 14.8 Å². The van der Waals surface area contributed by atoms with Crippen LogP contribution in [0.5, 0.6) is 34.5 Å². The zero-order valence-corrected chi connectivity index (χ0v) is 26.6. The van der Waals surface area contributed by atoms with Gasteiger partial charge in [0.25, 0.3) is 0 Å². The molecule has 0 spiro atoms. The number of rotatable bonds is 13. The van der Waals surface area contributed by atoms with Gasteiger partial charge in [-0.25, -0.2) is 0 Å². The number of aromatic nitrogens is 3. The Hall–Kier alpha value is -5.74. The first-order valence-corrected chi connectivity index (χ1v) is 15.8. The highest BCUT2D eigenvalue weighted by atomic mass is 32.2. The molecule has 0 bridgehead atoms. The van der Waals surface area contributed by atoms with Gasteiger partial charge in [0.05, 0.1) is 25.7 Å². The molecule has 0 aliphatic rings. The van der Waals surface area contributed by atoms with Crippen LogP contribution in [0.2, 0.25) is 0 Å². The van der Waals surface area contributed by atoms with Crippen LogP contribution in [0, 0.1) is 0 Å². The molecule has 1 amide bonds. The Morgan fingerprint density at radius 2 is 1.32 bits per heavy atom. The molecule has 0 saturated heterocycles. The van der Waals surface area contributed by atoms with E-state index < -0.39 is 0 Å². The fraction of sp³-hybridized carbons (Fsp3) is 0.108. The van der Waals surface area contributed by atoms with Gasteiger partial charge < -0.3 is 24.3 Å². The minimum Gasteiger partial charge on any atom is -0.493 e. The molecule has 1 N–H and O–H groups in total. The maximum atomic E-state index is 13.2. The second-order valence-electron chi connectivity index (χ2n) is 10.3. The summed E-state index contributed by atoms with van der Waals surface area (Å²) in [6, 6.07) is 39.8. The summed E-state index contributed by atoms with van der Waals surface area (Å²) < 4.78 is 24.9. The van der Waals surface area contributed by atoms with Gasteiger partial charge in [0.1, 0.15) is 23.1 Å². The van der Waals surface area contributed by atoms with Gasteiger partial charge in [0, 0.05) is 12.1 Å². The first-order valence-electron chi connectivity index (χ1n) is 14.8. The minimum absolute atomic E-state index is 0.101. The Morgan fingerprint density at radius 3 is 2.02 bits per heavy atom. The van der Waals surface area contributed by atoms with Crippen molar-refractivity contribution in [3.63, 3.8) is 0 Å². The third-order valence-electron chi connectivity index (χ3n) is 7.05. The lowest BCUT2D eigenvalue weighted by molar-refractivity contribution is -0.113. The number of benzene rings is 5. The average molecular weight is 645 g/mol. The number of para-hydroxylation sites is 4. The van der Waals surface area contributed by atoms with Gasteiger partial charge in [-0.1, -0.05) is 66.4 Å². The molecule has 47 heavy (non-hydrogen) atoms. The van der Waals surface area contributed by atoms with Crippen LogP contribution >= 0.6 is 11.8 Å². The third kappa shape index (κ3) is 7.92. The smallest absolute Gasteiger partial charge is 0.234 e. The molecule has 1 heterocycles. The van der Waals surface area contributed by atoms with Gasteiger partial charge in [-0.15, -0.1) is 10.2 Å². The number of carbonyl (C=O) groups excluding carboxylic acids is 1. The number of amides is 1. The van der Waals surface area contributed by atoms with Crippen molar-refractivity contribution in [3.05, 3.63) is 139 Å². The lowest BCUT2D eigenvalue weighted by Gasteiger charge is -2.14. The molecule has 9 nitrogen and oxygen atoms in total. The summed E-state index contributed by atoms with van der Waals surface area (Å²) in [7, 11) is 3.21. The van der Waals surface area contributed by atoms with Crippen molar-refractivity contribution in [2.24, 2.45) is 0 Å².